The lowest BCUT2D eigenvalue weighted by Gasteiger charge is -2.59. The zero-order valence-electron chi connectivity index (χ0n) is 15.3. The summed E-state index contributed by atoms with van der Waals surface area (Å²) in [6.07, 6.45) is 10.3. The second-order valence-corrected chi connectivity index (χ2v) is 10.1. The molecular weight excluding hydrogens is 300 g/mol. The summed E-state index contributed by atoms with van der Waals surface area (Å²) in [7, 11) is 0. The van der Waals surface area contributed by atoms with Crippen molar-refractivity contribution in [1.82, 2.24) is 0 Å². The normalized spacial score (nSPS) is 52.8. The van der Waals surface area contributed by atoms with Gasteiger partial charge in [-0.3, -0.25) is 4.79 Å². The molecular formula is C21H32O3. The molecule has 4 saturated carbocycles. The number of carbonyl (C=O) groups excluding carboxylic acids is 1. The molecule has 134 valence electrons. The maximum Gasteiger partial charge on any atom is 0.169 e. The summed E-state index contributed by atoms with van der Waals surface area (Å²) in [5.74, 6) is 3.31. The van der Waals surface area contributed by atoms with Crippen molar-refractivity contribution < 1.29 is 14.3 Å². The molecule has 1 saturated heterocycles. The summed E-state index contributed by atoms with van der Waals surface area (Å²) in [6.45, 7) is 6.58. The lowest BCUT2D eigenvalue weighted by Crippen LogP contribution is -2.52. The molecule has 4 aliphatic carbocycles. The molecule has 1 spiro atoms. The van der Waals surface area contributed by atoms with Gasteiger partial charge in [0.2, 0.25) is 0 Å². The zero-order valence-corrected chi connectivity index (χ0v) is 15.3. The van der Waals surface area contributed by atoms with Gasteiger partial charge in [-0.25, -0.2) is 0 Å². The minimum absolute atomic E-state index is 0.255. The molecule has 0 aromatic heterocycles. The minimum Gasteiger partial charge on any atom is -0.348 e. The highest BCUT2D eigenvalue weighted by Crippen LogP contribution is 2.68. The van der Waals surface area contributed by atoms with Crippen LogP contribution in [0.5, 0.6) is 0 Å². The van der Waals surface area contributed by atoms with Gasteiger partial charge < -0.3 is 9.47 Å². The third-order valence-corrected chi connectivity index (χ3v) is 9.02. The van der Waals surface area contributed by atoms with Crippen LogP contribution in [-0.2, 0) is 14.3 Å². The highest BCUT2D eigenvalue weighted by atomic mass is 16.7. The van der Waals surface area contributed by atoms with E-state index in [4.69, 9.17) is 9.47 Å². The SMILES string of the molecule is C[C@]12CC[C@H]3[C@@H](CCC4CC(=O)CC[C@@]43C)[C@@H]1CC1(C2)OCCO1. The first-order valence-corrected chi connectivity index (χ1v) is 10.2. The summed E-state index contributed by atoms with van der Waals surface area (Å²) in [6, 6.07) is 0. The van der Waals surface area contributed by atoms with Crippen molar-refractivity contribution in [3.8, 4) is 0 Å². The second kappa shape index (κ2) is 5.07. The van der Waals surface area contributed by atoms with Crippen LogP contribution >= 0.6 is 0 Å². The Bertz CT molecular complexity index is 551. The van der Waals surface area contributed by atoms with Gasteiger partial charge in [0.15, 0.2) is 5.79 Å². The van der Waals surface area contributed by atoms with Crippen LogP contribution < -0.4 is 0 Å². The van der Waals surface area contributed by atoms with E-state index in [2.05, 4.69) is 13.8 Å². The van der Waals surface area contributed by atoms with Gasteiger partial charge in [-0.2, -0.15) is 0 Å². The highest BCUT2D eigenvalue weighted by molar-refractivity contribution is 5.79. The van der Waals surface area contributed by atoms with E-state index >= 15 is 0 Å². The molecule has 3 heteroatoms. The fourth-order valence-corrected chi connectivity index (χ4v) is 7.80. The molecule has 6 atom stereocenters. The molecule has 0 aromatic rings. The summed E-state index contributed by atoms with van der Waals surface area (Å²) in [5.41, 5.74) is 0.810. The topological polar surface area (TPSA) is 35.5 Å². The Hall–Kier alpha value is -0.410. The monoisotopic (exact) mass is 332 g/mol. The van der Waals surface area contributed by atoms with Crippen LogP contribution in [0.25, 0.3) is 0 Å². The summed E-state index contributed by atoms with van der Waals surface area (Å²) < 4.78 is 12.2. The number of hydrogen-bond acceptors (Lipinski definition) is 3. The Morgan fingerprint density at radius 2 is 1.79 bits per heavy atom. The van der Waals surface area contributed by atoms with Crippen molar-refractivity contribution >= 4 is 5.78 Å². The molecule has 0 bridgehead atoms. The van der Waals surface area contributed by atoms with Crippen molar-refractivity contribution in [2.45, 2.75) is 77.4 Å². The standard InChI is InChI=1S/C21H32O3/c1-19-7-6-17-16(18(19)12-21(13-19)23-9-10-24-21)4-3-14-11-15(22)5-8-20(14,17)2/h14,16-18H,3-13H2,1-2H3/t14?,16-,17+,18+,19-,20+/m1/s1. The van der Waals surface area contributed by atoms with Crippen LogP contribution in [0.4, 0.5) is 0 Å². The zero-order chi connectivity index (χ0) is 16.6. The average Bonchev–Trinajstić information content (AvgIpc) is 3.11. The Balaban J connectivity index is 1.44. The third-order valence-electron chi connectivity index (χ3n) is 9.02. The van der Waals surface area contributed by atoms with Gasteiger partial charge in [0, 0.05) is 25.7 Å². The molecule has 1 unspecified atom stereocenters. The number of Topliss-reactive ketones (excluding diaryl/α,β-unsaturated/α-hetero) is 1. The second-order valence-electron chi connectivity index (χ2n) is 10.1. The van der Waals surface area contributed by atoms with E-state index in [1.165, 1.54) is 25.7 Å². The van der Waals surface area contributed by atoms with Crippen LogP contribution in [0.15, 0.2) is 0 Å². The van der Waals surface area contributed by atoms with Gasteiger partial charge >= 0.3 is 0 Å². The quantitative estimate of drug-likeness (QED) is 0.662. The maximum absolute atomic E-state index is 12.0. The predicted octanol–water partition coefficient (Wildman–Crippen LogP) is 4.34. The number of fused-ring (bicyclic) bond motifs is 5. The lowest BCUT2D eigenvalue weighted by atomic mass is 9.45. The molecule has 0 N–H and O–H groups in total. The number of carbonyl (C=O) groups is 1. The molecule has 1 heterocycles. The molecule has 0 radical (unpaired) electrons. The summed E-state index contributed by atoms with van der Waals surface area (Å²) >= 11 is 0. The first kappa shape index (κ1) is 15.8. The van der Waals surface area contributed by atoms with Crippen LogP contribution in [0.1, 0.15) is 71.6 Å². The molecule has 3 nitrogen and oxygen atoms in total. The van der Waals surface area contributed by atoms with E-state index in [1.807, 2.05) is 0 Å². The summed E-state index contributed by atoms with van der Waals surface area (Å²) in [5, 5.41) is 0. The fourth-order valence-electron chi connectivity index (χ4n) is 7.80. The van der Waals surface area contributed by atoms with Gasteiger partial charge in [-0.05, 0) is 66.6 Å². The van der Waals surface area contributed by atoms with Crippen LogP contribution in [0.3, 0.4) is 0 Å². The highest BCUT2D eigenvalue weighted by Gasteiger charge is 2.63. The van der Waals surface area contributed by atoms with Gasteiger partial charge in [0.25, 0.3) is 0 Å². The van der Waals surface area contributed by atoms with Crippen molar-refractivity contribution in [2.24, 2.45) is 34.5 Å². The third kappa shape index (κ3) is 2.06. The van der Waals surface area contributed by atoms with Crippen molar-refractivity contribution in [3.05, 3.63) is 0 Å². The van der Waals surface area contributed by atoms with Crippen LogP contribution in [0.2, 0.25) is 0 Å². The van der Waals surface area contributed by atoms with Crippen LogP contribution in [-0.4, -0.2) is 24.8 Å². The molecule has 24 heavy (non-hydrogen) atoms. The van der Waals surface area contributed by atoms with E-state index < -0.39 is 0 Å². The number of ketones is 1. The average molecular weight is 332 g/mol. The molecule has 5 rings (SSSR count). The first-order valence-electron chi connectivity index (χ1n) is 10.2. The van der Waals surface area contributed by atoms with Gasteiger partial charge in [-0.1, -0.05) is 13.8 Å². The molecule has 5 fully saturated rings. The Labute approximate surface area is 145 Å². The smallest absolute Gasteiger partial charge is 0.169 e. The van der Waals surface area contributed by atoms with E-state index in [0.717, 1.165) is 63.1 Å². The van der Waals surface area contributed by atoms with Crippen LogP contribution in [0, 0.1) is 34.5 Å². The Kier molecular flexibility index (Phi) is 3.34. The first-order chi connectivity index (χ1) is 11.4. The van der Waals surface area contributed by atoms with Crippen molar-refractivity contribution in [3.63, 3.8) is 0 Å². The van der Waals surface area contributed by atoms with E-state index in [9.17, 15) is 4.79 Å². The Morgan fingerprint density at radius 1 is 1.00 bits per heavy atom. The lowest BCUT2D eigenvalue weighted by molar-refractivity contribution is -0.157. The van der Waals surface area contributed by atoms with E-state index in [0.29, 0.717) is 22.5 Å². The molecule has 1 aliphatic heterocycles. The van der Waals surface area contributed by atoms with Crippen molar-refractivity contribution in [2.75, 3.05) is 13.2 Å². The maximum atomic E-state index is 12.0. The summed E-state index contributed by atoms with van der Waals surface area (Å²) in [4.78, 5) is 12.0. The minimum atomic E-state index is -0.255. The van der Waals surface area contributed by atoms with Crippen molar-refractivity contribution in [1.29, 1.82) is 0 Å². The van der Waals surface area contributed by atoms with E-state index in [-0.39, 0.29) is 5.79 Å². The number of ether oxygens (including phenoxy) is 2. The Morgan fingerprint density at radius 3 is 2.58 bits per heavy atom. The van der Waals surface area contributed by atoms with Gasteiger partial charge in [-0.15, -0.1) is 0 Å². The van der Waals surface area contributed by atoms with E-state index in [1.54, 1.807) is 0 Å². The van der Waals surface area contributed by atoms with Gasteiger partial charge in [0.1, 0.15) is 5.78 Å². The number of rotatable bonds is 0. The molecule has 5 aliphatic rings. The largest absolute Gasteiger partial charge is 0.348 e. The predicted molar refractivity (Wildman–Crippen MR) is 91.4 cm³/mol. The molecule has 0 amide bonds. The van der Waals surface area contributed by atoms with Gasteiger partial charge in [0.05, 0.1) is 13.2 Å². The molecule has 0 aromatic carbocycles. The fraction of sp³-hybridized carbons (Fsp3) is 0.952. The number of hydrogen-bond donors (Lipinski definition) is 0.